The molecule has 0 radical (unpaired) electrons. The van der Waals surface area contributed by atoms with Crippen LogP contribution in [0, 0.1) is 0 Å². The van der Waals surface area contributed by atoms with E-state index in [9.17, 15) is 4.79 Å². The van der Waals surface area contributed by atoms with Gasteiger partial charge >= 0.3 is 5.69 Å². The number of rotatable bonds is 7. The van der Waals surface area contributed by atoms with Gasteiger partial charge in [0, 0.05) is 27.2 Å². The predicted octanol–water partition coefficient (Wildman–Crippen LogP) is 1.13. The Bertz CT molecular complexity index is 628. The van der Waals surface area contributed by atoms with Crippen LogP contribution in [-0.2, 0) is 20.6 Å². The zero-order valence-electron chi connectivity index (χ0n) is 12.2. The molecule has 5 nitrogen and oxygen atoms in total. The van der Waals surface area contributed by atoms with Crippen molar-refractivity contribution in [3.63, 3.8) is 0 Å². The maximum Gasteiger partial charge on any atom is 0.328 e. The number of aliphatic hydroxyl groups is 1. The van der Waals surface area contributed by atoms with E-state index in [1.54, 1.807) is 23.2 Å². The van der Waals surface area contributed by atoms with E-state index in [1.165, 1.54) is 5.56 Å². The lowest BCUT2D eigenvalue weighted by Gasteiger charge is -2.05. The van der Waals surface area contributed by atoms with Crippen molar-refractivity contribution < 1.29 is 5.11 Å². The molecule has 0 saturated heterocycles. The minimum absolute atomic E-state index is 0.00844. The zero-order valence-corrected chi connectivity index (χ0v) is 12.2. The number of aryl methyl sites for hydroxylation is 2. The SMILES string of the molecule is Cn1c(=O)n(C)c2cc(CNCCCCCO)ccc21. The van der Waals surface area contributed by atoms with Gasteiger partial charge in [-0.15, -0.1) is 0 Å². The Kier molecular flexibility index (Phi) is 4.98. The van der Waals surface area contributed by atoms with Crippen LogP contribution in [0.15, 0.2) is 23.0 Å². The molecule has 20 heavy (non-hydrogen) atoms. The van der Waals surface area contributed by atoms with Crippen LogP contribution < -0.4 is 11.0 Å². The number of imidazole rings is 1. The normalized spacial score (nSPS) is 11.3. The maximum absolute atomic E-state index is 11.8. The molecule has 1 aromatic carbocycles. The van der Waals surface area contributed by atoms with Gasteiger partial charge in [-0.25, -0.2) is 4.79 Å². The molecule has 5 heteroatoms. The molecule has 1 aromatic heterocycles. The van der Waals surface area contributed by atoms with Gasteiger partial charge in [-0.05, 0) is 43.5 Å². The van der Waals surface area contributed by atoms with Gasteiger partial charge in [-0.1, -0.05) is 6.07 Å². The lowest BCUT2D eigenvalue weighted by atomic mass is 10.2. The molecule has 0 fully saturated rings. The number of benzene rings is 1. The van der Waals surface area contributed by atoms with E-state index in [1.807, 2.05) is 6.07 Å². The van der Waals surface area contributed by atoms with Crippen molar-refractivity contribution >= 4 is 11.0 Å². The zero-order chi connectivity index (χ0) is 14.5. The number of nitrogens with zero attached hydrogens (tertiary/aromatic N) is 2. The fourth-order valence-electron chi connectivity index (χ4n) is 2.43. The van der Waals surface area contributed by atoms with Gasteiger partial charge in [0.25, 0.3) is 0 Å². The van der Waals surface area contributed by atoms with Crippen molar-refractivity contribution in [2.75, 3.05) is 13.2 Å². The minimum atomic E-state index is 0.00844. The number of hydrogen-bond donors (Lipinski definition) is 2. The number of unbranched alkanes of at least 4 members (excludes halogenated alkanes) is 2. The first-order valence-corrected chi connectivity index (χ1v) is 7.11. The second kappa shape index (κ2) is 6.72. The molecule has 2 rings (SSSR count). The van der Waals surface area contributed by atoms with Crippen LogP contribution in [0.3, 0.4) is 0 Å². The van der Waals surface area contributed by atoms with Gasteiger partial charge < -0.3 is 10.4 Å². The summed E-state index contributed by atoms with van der Waals surface area (Å²) in [6.45, 7) is 2.03. The van der Waals surface area contributed by atoms with Gasteiger partial charge in [0.05, 0.1) is 11.0 Å². The Hall–Kier alpha value is -1.59. The van der Waals surface area contributed by atoms with E-state index in [0.29, 0.717) is 0 Å². The third-order valence-electron chi connectivity index (χ3n) is 3.68. The Labute approximate surface area is 118 Å². The monoisotopic (exact) mass is 277 g/mol. The summed E-state index contributed by atoms with van der Waals surface area (Å²) < 4.78 is 3.35. The van der Waals surface area contributed by atoms with Crippen molar-refractivity contribution in [3.05, 3.63) is 34.2 Å². The molecule has 1 heterocycles. The van der Waals surface area contributed by atoms with E-state index in [-0.39, 0.29) is 12.3 Å². The molecule has 0 aliphatic carbocycles. The third-order valence-corrected chi connectivity index (χ3v) is 3.68. The Morgan fingerprint density at radius 1 is 1.10 bits per heavy atom. The highest BCUT2D eigenvalue weighted by Gasteiger charge is 2.07. The van der Waals surface area contributed by atoms with Gasteiger partial charge in [0.15, 0.2) is 0 Å². The number of hydrogen-bond acceptors (Lipinski definition) is 3. The first kappa shape index (κ1) is 14.8. The van der Waals surface area contributed by atoms with E-state index in [2.05, 4.69) is 17.4 Å². The molecular formula is C15H23N3O2. The van der Waals surface area contributed by atoms with Gasteiger partial charge in [-0.2, -0.15) is 0 Å². The van der Waals surface area contributed by atoms with Crippen LogP contribution in [0.4, 0.5) is 0 Å². The van der Waals surface area contributed by atoms with Crippen molar-refractivity contribution in [1.82, 2.24) is 14.5 Å². The van der Waals surface area contributed by atoms with Crippen LogP contribution in [0.25, 0.3) is 11.0 Å². The summed E-state index contributed by atoms with van der Waals surface area (Å²) in [6, 6.07) is 6.12. The van der Waals surface area contributed by atoms with Crippen LogP contribution in [0.1, 0.15) is 24.8 Å². The standard InChI is InChI=1S/C15H23N3O2/c1-17-13-7-6-12(10-14(13)18(2)15(17)20)11-16-8-4-3-5-9-19/h6-7,10,16,19H,3-5,8-9,11H2,1-2H3. The number of aromatic nitrogens is 2. The fourth-order valence-corrected chi connectivity index (χ4v) is 2.43. The molecule has 0 amide bonds. The number of aliphatic hydroxyl groups excluding tert-OH is 1. The summed E-state index contributed by atoms with van der Waals surface area (Å²) in [4.78, 5) is 11.8. The van der Waals surface area contributed by atoms with E-state index in [0.717, 1.165) is 43.4 Å². The minimum Gasteiger partial charge on any atom is -0.396 e. The summed E-state index contributed by atoms with van der Waals surface area (Å²) in [7, 11) is 3.60. The second-order valence-electron chi connectivity index (χ2n) is 5.18. The summed E-state index contributed by atoms with van der Waals surface area (Å²) in [5.41, 5.74) is 3.12. The van der Waals surface area contributed by atoms with Crippen LogP contribution >= 0.6 is 0 Å². The molecule has 0 aliphatic rings. The average molecular weight is 277 g/mol. The van der Waals surface area contributed by atoms with Crippen molar-refractivity contribution in [3.8, 4) is 0 Å². The highest BCUT2D eigenvalue weighted by molar-refractivity contribution is 5.76. The van der Waals surface area contributed by atoms with Crippen molar-refractivity contribution in [2.45, 2.75) is 25.8 Å². The Balaban J connectivity index is 1.98. The Morgan fingerprint density at radius 2 is 1.85 bits per heavy atom. The van der Waals surface area contributed by atoms with E-state index in [4.69, 9.17) is 5.11 Å². The van der Waals surface area contributed by atoms with Gasteiger partial charge in [-0.3, -0.25) is 9.13 Å². The first-order valence-electron chi connectivity index (χ1n) is 7.11. The third kappa shape index (κ3) is 3.11. The molecule has 0 aliphatic heterocycles. The predicted molar refractivity (Wildman–Crippen MR) is 80.8 cm³/mol. The van der Waals surface area contributed by atoms with Crippen LogP contribution in [0.2, 0.25) is 0 Å². The number of fused-ring (bicyclic) bond motifs is 1. The summed E-state index contributed by atoms with van der Waals surface area (Å²) >= 11 is 0. The lowest BCUT2D eigenvalue weighted by molar-refractivity contribution is 0.283. The number of nitrogens with one attached hydrogen (secondary N) is 1. The molecule has 0 saturated carbocycles. The summed E-state index contributed by atoms with van der Waals surface area (Å²) in [6.07, 6.45) is 3.00. The molecule has 0 atom stereocenters. The maximum atomic E-state index is 11.8. The highest BCUT2D eigenvalue weighted by Crippen LogP contribution is 2.13. The Morgan fingerprint density at radius 3 is 2.60 bits per heavy atom. The molecular weight excluding hydrogens is 254 g/mol. The van der Waals surface area contributed by atoms with Gasteiger partial charge in [0.1, 0.15) is 0 Å². The van der Waals surface area contributed by atoms with Gasteiger partial charge in [0.2, 0.25) is 0 Å². The topological polar surface area (TPSA) is 59.2 Å². The van der Waals surface area contributed by atoms with E-state index < -0.39 is 0 Å². The summed E-state index contributed by atoms with van der Waals surface area (Å²) in [5.74, 6) is 0. The highest BCUT2D eigenvalue weighted by atomic mass is 16.2. The summed E-state index contributed by atoms with van der Waals surface area (Å²) in [5, 5.41) is 12.1. The van der Waals surface area contributed by atoms with Crippen LogP contribution in [0.5, 0.6) is 0 Å². The molecule has 110 valence electrons. The fraction of sp³-hybridized carbons (Fsp3) is 0.533. The molecule has 2 aromatic rings. The quantitative estimate of drug-likeness (QED) is 0.746. The average Bonchev–Trinajstić information content (AvgIpc) is 2.67. The second-order valence-corrected chi connectivity index (χ2v) is 5.18. The molecule has 0 bridgehead atoms. The lowest BCUT2D eigenvalue weighted by Crippen LogP contribution is -2.19. The molecule has 0 spiro atoms. The smallest absolute Gasteiger partial charge is 0.328 e. The first-order chi connectivity index (χ1) is 9.65. The largest absolute Gasteiger partial charge is 0.396 e. The van der Waals surface area contributed by atoms with Crippen molar-refractivity contribution in [1.29, 1.82) is 0 Å². The molecule has 0 unspecified atom stereocenters. The molecule has 2 N–H and O–H groups in total. The van der Waals surface area contributed by atoms with Crippen LogP contribution in [-0.4, -0.2) is 27.4 Å². The van der Waals surface area contributed by atoms with Crippen molar-refractivity contribution in [2.24, 2.45) is 14.1 Å². The van der Waals surface area contributed by atoms with E-state index >= 15 is 0 Å².